The fourth-order valence-corrected chi connectivity index (χ4v) is 2.21. The molecule has 0 spiro atoms. The van der Waals surface area contributed by atoms with Crippen LogP contribution in [0.15, 0.2) is 35.2 Å². The Labute approximate surface area is 111 Å². The molecule has 0 atom stereocenters. The molecular weight excluding hydrogens is 250 g/mol. The zero-order valence-electron chi connectivity index (χ0n) is 10.3. The molecule has 18 heavy (non-hydrogen) atoms. The fourth-order valence-electron chi connectivity index (χ4n) is 1.35. The minimum atomic E-state index is -0.881. The van der Waals surface area contributed by atoms with Gasteiger partial charge in [-0.25, -0.2) is 0 Å². The summed E-state index contributed by atoms with van der Waals surface area (Å²) in [6, 6.07) is 9.88. The number of aliphatic carboxylic acids is 1. The Morgan fingerprint density at radius 2 is 1.89 bits per heavy atom. The Hall–Kier alpha value is -1.49. The number of carboxylic acid groups (broad SMARTS) is 1. The van der Waals surface area contributed by atoms with Crippen molar-refractivity contribution in [2.24, 2.45) is 0 Å². The molecule has 0 aliphatic rings. The number of rotatable bonds is 7. The topological polar surface area (TPSA) is 57.6 Å². The van der Waals surface area contributed by atoms with Gasteiger partial charge in [-0.3, -0.25) is 9.59 Å². The van der Waals surface area contributed by atoms with Crippen LogP contribution in [0.25, 0.3) is 0 Å². The van der Waals surface area contributed by atoms with Gasteiger partial charge in [-0.2, -0.15) is 0 Å². The predicted octanol–water partition coefficient (Wildman–Crippen LogP) is 2.10. The highest BCUT2D eigenvalue weighted by Crippen LogP contribution is 2.17. The first-order chi connectivity index (χ1) is 8.59. The maximum Gasteiger partial charge on any atom is 0.305 e. The van der Waals surface area contributed by atoms with Gasteiger partial charge in [-0.05, 0) is 12.1 Å². The maximum absolute atomic E-state index is 11.7. The zero-order valence-corrected chi connectivity index (χ0v) is 11.2. The lowest BCUT2D eigenvalue weighted by Gasteiger charge is -2.15. The summed E-state index contributed by atoms with van der Waals surface area (Å²) in [5, 5.41) is 8.53. The number of hydrogen-bond acceptors (Lipinski definition) is 3. The minimum Gasteiger partial charge on any atom is -0.481 e. The number of carboxylic acids is 1. The molecule has 1 N–H and O–H groups in total. The first-order valence-electron chi connectivity index (χ1n) is 5.73. The number of thioether (sulfide) groups is 1. The molecule has 0 heterocycles. The second-order valence-corrected chi connectivity index (χ2v) is 5.04. The van der Waals surface area contributed by atoms with Crippen molar-refractivity contribution in [1.29, 1.82) is 0 Å². The molecule has 0 unspecified atom stereocenters. The first-order valence-corrected chi connectivity index (χ1v) is 6.72. The van der Waals surface area contributed by atoms with Gasteiger partial charge in [0.2, 0.25) is 5.91 Å². The number of benzene rings is 1. The van der Waals surface area contributed by atoms with Crippen LogP contribution in [0.3, 0.4) is 0 Å². The van der Waals surface area contributed by atoms with E-state index in [1.807, 2.05) is 30.3 Å². The molecular formula is C13H17NO3S. The number of nitrogens with zero attached hydrogens (tertiary/aromatic N) is 1. The van der Waals surface area contributed by atoms with Crippen LogP contribution in [-0.4, -0.2) is 41.2 Å². The van der Waals surface area contributed by atoms with Crippen molar-refractivity contribution in [3.63, 3.8) is 0 Å². The van der Waals surface area contributed by atoms with Crippen LogP contribution >= 0.6 is 11.8 Å². The smallest absolute Gasteiger partial charge is 0.305 e. The van der Waals surface area contributed by atoms with Crippen LogP contribution in [0.1, 0.15) is 12.8 Å². The summed E-state index contributed by atoms with van der Waals surface area (Å²) in [6.45, 7) is 0.268. The lowest BCUT2D eigenvalue weighted by Crippen LogP contribution is -2.29. The number of amides is 1. The van der Waals surface area contributed by atoms with Crippen molar-refractivity contribution in [3.05, 3.63) is 30.3 Å². The van der Waals surface area contributed by atoms with Gasteiger partial charge in [0.15, 0.2) is 0 Å². The van der Waals surface area contributed by atoms with E-state index >= 15 is 0 Å². The van der Waals surface area contributed by atoms with Crippen molar-refractivity contribution in [2.45, 2.75) is 17.7 Å². The predicted molar refractivity (Wildman–Crippen MR) is 71.7 cm³/mol. The van der Waals surface area contributed by atoms with Crippen LogP contribution < -0.4 is 0 Å². The third kappa shape index (κ3) is 5.72. The Morgan fingerprint density at radius 3 is 2.50 bits per heavy atom. The van der Waals surface area contributed by atoms with E-state index in [0.717, 1.165) is 4.90 Å². The molecule has 4 nitrogen and oxygen atoms in total. The monoisotopic (exact) mass is 267 g/mol. The summed E-state index contributed by atoms with van der Waals surface area (Å²) in [4.78, 5) is 24.7. The normalized spacial score (nSPS) is 10.1. The Balaban J connectivity index is 2.22. The Bertz CT molecular complexity index is 394. The van der Waals surface area contributed by atoms with Crippen LogP contribution in [0, 0.1) is 0 Å². The van der Waals surface area contributed by atoms with E-state index in [0.29, 0.717) is 12.2 Å². The van der Waals surface area contributed by atoms with E-state index in [2.05, 4.69) is 0 Å². The van der Waals surface area contributed by atoms with Crippen molar-refractivity contribution >= 4 is 23.6 Å². The van der Waals surface area contributed by atoms with Crippen molar-refractivity contribution in [2.75, 3.05) is 19.3 Å². The van der Waals surface area contributed by atoms with E-state index < -0.39 is 5.97 Å². The number of hydrogen-bond donors (Lipinski definition) is 1. The van der Waals surface area contributed by atoms with Crippen molar-refractivity contribution < 1.29 is 14.7 Å². The number of carbonyl (C=O) groups is 2. The summed E-state index contributed by atoms with van der Waals surface area (Å²) in [5.74, 6) is -0.187. The third-order valence-electron chi connectivity index (χ3n) is 2.41. The summed E-state index contributed by atoms with van der Waals surface area (Å²) in [5.41, 5.74) is 0. The molecule has 0 aromatic heterocycles. The summed E-state index contributed by atoms with van der Waals surface area (Å²) in [7, 11) is 1.64. The zero-order chi connectivity index (χ0) is 13.4. The molecule has 1 rings (SSSR count). The average Bonchev–Trinajstić information content (AvgIpc) is 2.37. The minimum absolute atomic E-state index is 0.00588. The Kier molecular flexibility index (Phi) is 6.28. The SMILES string of the molecule is CN(CCC(=O)O)C(=O)CCSc1ccccc1. The molecule has 0 bridgehead atoms. The fraction of sp³-hybridized carbons (Fsp3) is 0.385. The van der Waals surface area contributed by atoms with E-state index in [1.165, 1.54) is 4.90 Å². The highest BCUT2D eigenvalue weighted by atomic mass is 32.2. The summed E-state index contributed by atoms with van der Waals surface area (Å²) < 4.78 is 0. The highest BCUT2D eigenvalue weighted by Gasteiger charge is 2.09. The molecule has 0 aliphatic heterocycles. The van der Waals surface area contributed by atoms with E-state index in [-0.39, 0.29) is 18.9 Å². The molecule has 98 valence electrons. The second-order valence-electron chi connectivity index (χ2n) is 3.87. The molecule has 0 saturated heterocycles. The van der Waals surface area contributed by atoms with Crippen LogP contribution in [-0.2, 0) is 9.59 Å². The molecule has 5 heteroatoms. The summed E-state index contributed by atoms with van der Waals surface area (Å²) in [6.07, 6.45) is 0.420. The molecule has 0 fully saturated rings. The Morgan fingerprint density at radius 1 is 1.22 bits per heavy atom. The largest absolute Gasteiger partial charge is 0.481 e. The maximum atomic E-state index is 11.7. The van der Waals surface area contributed by atoms with Crippen LogP contribution in [0.4, 0.5) is 0 Å². The van der Waals surface area contributed by atoms with Crippen molar-refractivity contribution in [1.82, 2.24) is 4.90 Å². The molecule has 0 radical (unpaired) electrons. The van der Waals surface area contributed by atoms with Gasteiger partial charge in [0.25, 0.3) is 0 Å². The summed E-state index contributed by atoms with van der Waals surface area (Å²) >= 11 is 1.63. The first kappa shape index (κ1) is 14.6. The van der Waals surface area contributed by atoms with Crippen LogP contribution in [0.2, 0.25) is 0 Å². The van der Waals surface area contributed by atoms with Gasteiger partial charge in [0.1, 0.15) is 0 Å². The third-order valence-corrected chi connectivity index (χ3v) is 3.43. The van der Waals surface area contributed by atoms with Crippen LogP contribution in [0.5, 0.6) is 0 Å². The lowest BCUT2D eigenvalue weighted by atomic mass is 10.3. The molecule has 1 aromatic carbocycles. The van der Waals surface area contributed by atoms with Gasteiger partial charge in [0.05, 0.1) is 6.42 Å². The molecule has 1 amide bonds. The van der Waals surface area contributed by atoms with E-state index in [4.69, 9.17) is 5.11 Å². The van der Waals surface area contributed by atoms with E-state index in [9.17, 15) is 9.59 Å². The second kappa shape index (κ2) is 7.76. The van der Waals surface area contributed by atoms with Gasteiger partial charge >= 0.3 is 5.97 Å². The lowest BCUT2D eigenvalue weighted by molar-refractivity contribution is -0.138. The van der Waals surface area contributed by atoms with Gasteiger partial charge in [-0.1, -0.05) is 18.2 Å². The van der Waals surface area contributed by atoms with Gasteiger partial charge < -0.3 is 10.0 Å². The molecule has 0 aliphatic carbocycles. The number of carbonyl (C=O) groups excluding carboxylic acids is 1. The molecule has 1 aromatic rings. The molecule has 0 saturated carbocycles. The van der Waals surface area contributed by atoms with Gasteiger partial charge in [0, 0.05) is 30.7 Å². The van der Waals surface area contributed by atoms with E-state index in [1.54, 1.807) is 18.8 Å². The van der Waals surface area contributed by atoms with Crippen molar-refractivity contribution in [3.8, 4) is 0 Å². The van der Waals surface area contributed by atoms with Gasteiger partial charge in [-0.15, -0.1) is 11.8 Å². The average molecular weight is 267 g/mol. The standard InChI is InChI=1S/C13H17NO3S/c1-14(9-7-13(16)17)12(15)8-10-18-11-5-3-2-4-6-11/h2-6H,7-10H2,1H3,(H,16,17). The highest BCUT2D eigenvalue weighted by molar-refractivity contribution is 7.99. The quantitative estimate of drug-likeness (QED) is 0.769.